The predicted molar refractivity (Wildman–Crippen MR) is 193 cm³/mol. The van der Waals surface area contributed by atoms with Crippen LogP contribution in [0.2, 0.25) is 0 Å². The molecule has 12 heteroatoms. The van der Waals surface area contributed by atoms with E-state index in [1.165, 1.54) is 118 Å². The van der Waals surface area contributed by atoms with Crippen molar-refractivity contribution in [2.45, 2.75) is 74.0 Å². The Kier molecular flexibility index (Phi) is 20.2. The molecule has 0 aromatic heterocycles. The zero-order valence-electron chi connectivity index (χ0n) is 28.4. The Morgan fingerprint density at radius 2 is 0.898 bits per heavy atom. The maximum atomic E-state index is 9.55. The van der Waals surface area contributed by atoms with E-state index in [1.807, 2.05) is 11.8 Å². The Morgan fingerprint density at radius 1 is 0.551 bits per heavy atom. The molecule has 2 aromatic rings. The van der Waals surface area contributed by atoms with Gasteiger partial charge in [0, 0.05) is 66.8 Å². The van der Waals surface area contributed by atoms with Crippen molar-refractivity contribution in [3.8, 4) is 0 Å². The number of benzene rings is 2. The first-order valence-corrected chi connectivity index (χ1v) is 17.7. The van der Waals surface area contributed by atoms with Crippen LogP contribution in [0.4, 0.5) is 11.4 Å². The Labute approximate surface area is 293 Å². The molecule has 2 aliphatic rings. The average Bonchev–Trinajstić information content (AvgIpc) is 3.08. The fourth-order valence-electron chi connectivity index (χ4n) is 5.40. The van der Waals surface area contributed by atoms with Crippen LogP contribution in [-0.2, 0) is 19.2 Å². The van der Waals surface area contributed by atoms with Crippen molar-refractivity contribution in [1.29, 1.82) is 0 Å². The van der Waals surface area contributed by atoms with Gasteiger partial charge in [0.15, 0.2) is 0 Å². The number of unbranched alkanes of at least 4 members (excludes halogenated alkanes) is 9. The lowest BCUT2D eigenvalue weighted by atomic mass is 10.1. The quantitative estimate of drug-likeness (QED) is 0.101. The van der Waals surface area contributed by atoms with Gasteiger partial charge in [-0.05, 0) is 50.7 Å². The van der Waals surface area contributed by atoms with Gasteiger partial charge in [0.2, 0.25) is 0 Å². The molecule has 0 bridgehead atoms. The Bertz CT molecular complexity index is 1260. The Balaban J connectivity index is 0.000000432. The molecule has 1 fully saturated rings. The number of carbonyl (C=O) groups is 4. The number of rotatable bonds is 17. The van der Waals surface area contributed by atoms with Crippen LogP contribution < -0.4 is 4.90 Å². The van der Waals surface area contributed by atoms with Gasteiger partial charge >= 0.3 is 23.9 Å². The van der Waals surface area contributed by atoms with Crippen LogP contribution in [-0.4, -0.2) is 100 Å². The summed E-state index contributed by atoms with van der Waals surface area (Å²) in [6, 6.07) is 17.7. The van der Waals surface area contributed by atoms with E-state index in [-0.39, 0.29) is 0 Å². The van der Waals surface area contributed by atoms with Gasteiger partial charge in [0.1, 0.15) is 0 Å². The smallest absolute Gasteiger partial charge is 0.328 e. The molecule has 0 spiro atoms. The Morgan fingerprint density at radius 3 is 1.29 bits per heavy atom. The fraction of sp³-hybridized carbons (Fsp3) is 0.459. The molecule has 2 aromatic carbocycles. The van der Waals surface area contributed by atoms with Crippen molar-refractivity contribution in [3.63, 3.8) is 0 Å². The average molecular weight is 698 g/mol. The van der Waals surface area contributed by atoms with E-state index in [9.17, 15) is 19.2 Å². The van der Waals surface area contributed by atoms with E-state index in [0.717, 1.165) is 6.54 Å². The van der Waals surface area contributed by atoms with Gasteiger partial charge in [0.05, 0.1) is 11.4 Å². The minimum Gasteiger partial charge on any atom is -0.478 e. The number of carboxylic acids is 4. The lowest BCUT2D eigenvalue weighted by molar-refractivity contribution is -0.134. The van der Waals surface area contributed by atoms with Crippen molar-refractivity contribution in [3.05, 3.63) is 72.8 Å². The number of piperazine rings is 1. The molecule has 4 rings (SSSR count). The third-order valence-corrected chi connectivity index (χ3v) is 9.10. The van der Waals surface area contributed by atoms with Crippen LogP contribution in [0.3, 0.4) is 0 Å². The topological polar surface area (TPSA) is 159 Å². The van der Waals surface area contributed by atoms with Crippen LogP contribution in [0, 0.1) is 0 Å². The van der Waals surface area contributed by atoms with E-state index < -0.39 is 23.9 Å². The zero-order valence-corrected chi connectivity index (χ0v) is 29.2. The van der Waals surface area contributed by atoms with E-state index >= 15 is 0 Å². The van der Waals surface area contributed by atoms with Gasteiger partial charge in [0.25, 0.3) is 0 Å². The molecule has 0 unspecified atom stereocenters. The summed E-state index contributed by atoms with van der Waals surface area (Å²) in [5.41, 5.74) is 2.77. The lowest BCUT2D eigenvalue weighted by Gasteiger charge is -2.32. The number of aliphatic carboxylic acids is 4. The highest BCUT2D eigenvalue weighted by molar-refractivity contribution is 7.99. The maximum Gasteiger partial charge on any atom is 0.328 e. The number of nitrogens with zero attached hydrogens (tertiary/aromatic N) is 3. The molecule has 0 saturated carbocycles. The van der Waals surface area contributed by atoms with Gasteiger partial charge in [-0.15, -0.1) is 0 Å². The molecular formula is C37H51N3O8S. The SMILES string of the molecule is CN1CCN(CCCCCCCCCCCCN2c3ccccc3Sc3ccccc32)CC1.O=C(O)/C=C\C(=O)O.O=C(O)/C=C\C(=O)O. The molecule has 0 amide bonds. The highest BCUT2D eigenvalue weighted by Gasteiger charge is 2.22. The highest BCUT2D eigenvalue weighted by atomic mass is 32.2. The summed E-state index contributed by atoms with van der Waals surface area (Å²) in [6.45, 7) is 7.48. The van der Waals surface area contributed by atoms with E-state index in [1.54, 1.807) is 0 Å². The van der Waals surface area contributed by atoms with Gasteiger partial charge in [-0.1, -0.05) is 87.4 Å². The minimum absolute atomic E-state index is 0.558. The van der Waals surface area contributed by atoms with Gasteiger partial charge in [-0.3, -0.25) is 0 Å². The molecule has 1 saturated heterocycles. The van der Waals surface area contributed by atoms with E-state index in [2.05, 4.69) is 70.3 Å². The molecule has 2 aliphatic heterocycles. The number of anilines is 2. The predicted octanol–water partition coefficient (Wildman–Crippen LogP) is 6.86. The number of para-hydroxylation sites is 2. The molecular weight excluding hydrogens is 646 g/mol. The minimum atomic E-state index is -1.26. The van der Waals surface area contributed by atoms with Crippen molar-refractivity contribution in [2.24, 2.45) is 0 Å². The normalized spacial score (nSPS) is 14.3. The van der Waals surface area contributed by atoms with E-state index in [4.69, 9.17) is 20.4 Å². The molecule has 0 aliphatic carbocycles. The summed E-state index contributed by atoms with van der Waals surface area (Å²) >= 11 is 1.91. The first kappa shape index (κ1) is 41.0. The lowest BCUT2D eigenvalue weighted by Crippen LogP contribution is -2.44. The summed E-state index contributed by atoms with van der Waals surface area (Å²) in [7, 11) is 2.24. The van der Waals surface area contributed by atoms with Crippen LogP contribution in [0.15, 0.2) is 82.6 Å². The number of likely N-dealkylation sites (N-methyl/N-ethyl adjacent to an activating group) is 1. The molecule has 49 heavy (non-hydrogen) atoms. The highest BCUT2D eigenvalue weighted by Crippen LogP contribution is 2.47. The number of fused-ring (bicyclic) bond motifs is 2. The number of hydrogen-bond donors (Lipinski definition) is 4. The number of carboxylic acid groups (broad SMARTS) is 4. The monoisotopic (exact) mass is 697 g/mol. The molecule has 0 radical (unpaired) electrons. The van der Waals surface area contributed by atoms with Crippen LogP contribution in [0.25, 0.3) is 0 Å². The Hall–Kier alpha value is -4.13. The zero-order chi connectivity index (χ0) is 35.9. The van der Waals surface area contributed by atoms with Gasteiger partial charge < -0.3 is 35.1 Å². The van der Waals surface area contributed by atoms with E-state index in [0.29, 0.717) is 24.3 Å². The second-order valence-corrected chi connectivity index (χ2v) is 13.0. The van der Waals surface area contributed by atoms with Crippen molar-refractivity contribution >= 4 is 47.0 Å². The standard InChI is InChI=1S/C29H43N3S.2C4H4O4/c1-30-22-24-31(25-23-30)20-14-8-6-4-2-3-5-7-9-15-21-32-26-16-10-12-18-28(26)33-29-19-13-11-17-27(29)32;2*5-3(6)1-2-4(7)8/h10-13,16-19H,2-9,14-15,20-25H2,1H3;2*1-2H,(H,5,6)(H,7,8)/b;2*2-1-. The molecule has 11 nitrogen and oxygen atoms in total. The van der Waals surface area contributed by atoms with Crippen molar-refractivity contribution in [2.75, 3.05) is 51.2 Å². The largest absolute Gasteiger partial charge is 0.478 e. The second-order valence-electron chi connectivity index (χ2n) is 11.9. The van der Waals surface area contributed by atoms with Crippen LogP contribution >= 0.6 is 11.8 Å². The molecule has 2 heterocycles. The molecule has 268 valence electrons. The maximum absolute atomic E-state index is 9.55. The second kappa shape index (κ2) is 24.1. The summed E-state index contributed by atoms with van der Waals surface area (Å²) in [6.07, 6.45) is 16.2. The van der Waals surface area contributed by atoms with Crippen LogP contribution in [0.5, 0.6) is 0 Å². The summed E-state index contributed by atoms with van der Waals surface area (Å²) < 4.78 is 0. The summed E-state index contributed by atoms with van der Waals surface area (Å²) in [5, 5.41) is 31.2. The summed E-state index contributed by atoms with van der Waals surface area (Å²) in [5.74, 6) is -5.03. The summed E-state index contributed by atoms with van der Waals surface area (Å²) in [4.78, 5) is 48.6. The van der Waals surface area contributed by atoms with Gasteiger partial charge in [-0.25, -0.2) is 19.2 Å². The van der Waals surface area contributed by atoms with Gasteiger partial charge in [-0.2, -0.15) is 0 Å². The first-order chi connectivity index (χ1) is 23.6. The third-order valence-electron chi connectivity index (χ3n) is 7.97. The molecule has 4 N–H and O–H groups in total. The van der Waals surface area contributed by atoms with Crippen LogP contribution in [0.1, 0.15) is 64.2 Å². The first-order valence-electron chi connectivity index (χ1n) is 16.9. The fourth-order valence-corrected chi connectivity index (χ4v) is 6.49. The third kappa shape index (κ3) is 18.3. The molecule has 0 atom stereocenters. The number of hydrogen-bond acceptors (Lipinski definition) is 8. The van der Waals surface area contributed by atoms with Crippen molar-refractivity contribution in [1.82, 2.24) is 9.80 Å². The van der Waals surface area contributed by atoms with Crippen molar-refractivity contribution < 1.29 is 39.6 Å².